The van der Waals surface area contributed by atoms with Crippen LogP contribution >= 0.6 is 0 Å². The van der Waals surface area contributed by atoms with Crippen LogP contribution < -0.4 is 11.1 Å². The zero-order valence-electron chi connectivity index (χ0n) is 12.1. The van der Waals surface area contributed by atoms with E-state index in [2.05, 4.69) is 15.3 Å². The molecule has 5 nitrogen and oxygen atoms in total. The van der Waals surface area contributed by atoms with E-state index < -0.39 is 5.82 Å². The first-order valence-corrected chi connectivity index (χ1v) is 6.53. The molecule has 3 N–H and O–H groups in total. The maximum absolute atomic E-state index is 13.2. The third-order valence-corrected chi connectivity index (χ3v) is 3.07. The summed E-state index contributed by atoms with van der Waals surface area (Å²) >= 11 is 0. The van der Waals surface area contributed by atoms with Crippen LogP contribution in [0.5, 0.6) is 0 Å². The first-order chi connectivity index (χ1) is 9.92. The standard InChI is InChI=1S/C15H16FN5/c1-8(2)14-20-13(18)9(3)15(21-14)19-12-5-4-11(16)6-10(12)7-17/h4-6,8H,1-3H3,(H3,18,19,20,21). The second kappa shape index (κ2) is 5.75. The molecule has 0 amide bonds. The van der Waals surface area contributed by atoms with Crippen molar-refractivity contribution in [1.82, 2.24) is 9.97 Å². The Hall–Kier alpha value is -2.68. The fourth-order valence-corrected chi connectivity index (χ4v) is 1.78. The fourth-order valence-electron chi connectivity index (χ4n) is 1.78. The Morgan fingerprint density at radius 3 is 2.67 bits per heavy atom. The minimum atomic E-state index is -0.459. The number of nitriles is 1. The number of aromatic nitrogens is 2. The topological polar surface area (TPSA) is 87.6 Å². The summed E-state index contributed by atoms with van der Waals surface area (Å²) < 4.78 is 13.2. The van der Waals surface area contributed by atoms with Crippen LogP contribution in [0.4, 0.5) is 21.7 Å². The highest BCUT2D eigenvalue weighted by Gasteiger charge is 2.13. The van der Waals surface area contributed by atoms with E-state index in [4.69, 9.17) is 11.0 Å². The van der Waals surface area contributed by atoms with E-state index in [9.17, 15) is 4.39 Å². The van der Waals surface area contributed by atoms with Crippen molar-refractivity contribution in [2.24, 2.45) is 0 Å². The summed E-state index contributed by atoms with van der Waals surface area (Å²) in [5.41, 5.74) is 7.27. The molecule has 0 atom stereocenters. The molecule has 0 bridgehead atoms. The highest BCUT2D eigenvalue weighted by Crippen LogP contribution is 2.26. The lowest BCUT2D eigenvalue weighted by atomic mass is 10.1. The molecule has 1 aromatic heterocycles. The third kappa shape index (κ3) is 3.08. The number of nitrogens with two attached hydrogens (primary N) is 1. The van der Waals surface area contributed by atoms with Crippen molar-refractivity contribution < 1.29 is 4.39 Å². The molecular formula is C15H16FN5. The number of anilines is 3. The normalized spacial score (nSPS) is 10.5. The molecule has 0 unspecified atom stereocenters. The van der Waals surface area contributed by atoms with E-state index in [-0.39, 0.29) is 11.5 Å². The Labute approximate surface area is 122 Å². The largest absolute Gasteiger partial charge is 0.383 e. The predicted octanol–water partition coefficient (Wildman–Crippen LogP) is 3.25. The molecule has 2 aromatic rings. The molecule has 0 saturated heterocycles. The van der Waals surface area contributed by atoms with Crippen molar-refractivity contribution in [1.29, 1.82) is 5.26 Å². The second-order valence-electron chi connectivity index (χ2n) is 5.02. The zero-order chi connectivity index (χ0) is 15.6. The van der Waals surface area contributed by atoms with Gasteiger partial charge in [-0.05, 0) is 25.1 Å². The van der Waals surface area contributed by atoms with Gasteiger partial charge in [0.1, 0.15) is 29.3 Å². The molecule has 0 saturated carbocycles. The molecule has 0 aliphatic carbocycles. The Morgan fingerprint density at radius 2 is 2.05 bits per heavy atom. The lowest BCUT2D eigenvalue weighted by Gasteiger charge is -2.14. The van der Waals surface area contributed by atoms with Gasteiger partial charge in [-0.15, -0.1) is 0 Å². The van der Waals surface area contributed by atoms with Crippen LogP contribution in [0.2, 0.25) is 0 Å². The van der Waals surface area contributed by atoms with Gasteiger partial charge < -0.3 is 11.1 Å². The third-order valence-electron chi connectivity index (χ3n) is 3.07. The number of nitrogen functional groups attached to an aromatic ring is 1. The van der Waals surface area contributed by atoms with E-state index in [0.29, 0.717) is 28.7 Å². The summed E-state index contributed by atoms with van der Waals surface area (Å²) in [6.07, 6.45) is 0. The van der Waals surface area contributed by atoms with Crippen molar-refractivity contribution in [3.63, 3.8) is 0 Å². The lowest BCUT2D eigenvalue weighted by Crippen LogP contribution is -2.08. The van der Waals surface area contributed by atoms with Crippen LogP contribution in [0.25, 0.3) is 0 Å². The number of halogens is 1. The van der Waals surface area contributed by atoms with Crippen LogP contribution in [-0.2, 0) is 0 Å². The molecule has 6 heteroatoms. The predicted molar refractivity (Wildman–Crippen MR) is 79.7 cm³/mol. The van der Waals surface area contributed by atoms with E-state index >= 15 is 0 Å². The van der Waals surface area contributed by atoms with Crippen molar-refractivity contribution in [2.75, 3.05) is 11.1 Å². The quantitative estimate of drug-likeness (QED) is 0.903. The van der Waals surface area contributed by atoms with Crippen LogP contribution in [0.15, 0.2) is 18.2 Å². The zero-order valence-corrected chi connectivity index (χ0v) is 12.1. The molecule has 0 spiro atoms. The number of hydrogen-bond donors (Lipinski definition) is 2. The minimum Gasteiger partial charge on any atom is -0.383 e. The molecule has 2 rings (SSSR count). The molecule has 21 heavy (non-hydrogen) atoms. The highest BCUT2D eigenvalue weighted by molar-refractivity contribution is 5.68. The summed E-state index contributed by atoms with van der Waals surface area (Å²) in [5, 5.41) is 12.1. The van der Waals surface area contributed by atoms with Crippen molar-refractivity contribution in [3.8, 4) is 6.07 Å². The van der Waals surface area contributed by atoms with Gasteiger partial charge in [-0.1, -0.05) is 13.8 Å². The Bertz CT molecular complexity index is 719. The van der Waals surface area contributed by atoms with E-state index in [1.165, 1.54) is 18.2 Å². The van der Waals surface area contributed by atoms with Gasteiger partial charge in [0.2, 0.25) is 0 Å². The van der Waals surface area contributed by atoms with Gasteiger partial charge in [-0.3, -0.25) is 0 Å². The van der Waals surface area contributed by atoms with E-state index in [1.807, 2.05) is 19.9 Å². The molecular weight excluding hydrogens is 269 g/mol. The Kier molecular flexibility index (Phi) is 4.03. The van der Waals surface area contributed by atoms with Gasteiger partial charge in [-0.2, -0.15) is 5.26 Å². The minimum absolute atomic E-state index is 0.122. The monoisotopic (exact) mass is 285 g/mol. The number of hydrogen-bond acceptors (Lipinski definition) is 5. The summed E-state index contributed by atoms with van der Waals surface area (Å²) in [7, 11) is 0. The Morgan fingerprint density at radius 1 is 1.33 bits per heavy atom. The fraction of sp³-hybridized carbons (Fsp3) is 0.267. The van der Waals surface area contributed by atoms with E-state index in [0.717, 1.165) is 0 Å². The number of nitrogens with one attached hydrogen (secondary N) is 1. The van der Waals surface area contributed by atoms with Crippen LogP contribution in [0.3, 0.4) is 0 Å². The van der Waals surface area contributed by atoms with Gasteiger partial charge in [0, 0.05) is 11.5 Å². The van der Waals surface area contributed by atoms with Crippen LogP contribution in [0.1, 0.15) is 36.7 Å². The first-order valence-electron chi connectivity index (χ1n) is 6.53. The summed E-state index contributed by atoms with van der Waals surface area (Å²) in [4.78, 5) is 8.65. The maximum Gasteiger partial charge on any atom is 0.139 e. The molecule has 0 aliphatic heterocycles. The average Bonchev–Trinajstić information content (AvgIpc) is 2.45. The molecule has 0 radical (unpaired) electrons. The van der Waals surface area contributed by atoms with Gasteiger partial charge in [0.25, 0.3) is 0 Å². The molecule has 0 aliphatic rings. The summed E-state index contributed by atoms with van der Waals surface area (Å²) in [6.45, 7) is 5.72. The summed E-state index contributed by atoms with van der Waals surface area (Å²) in [5.74, 6) is 1.18. The van der Waals surface area contributed by atoms with Crippen molar-refractivity contribution >= 4 is 17.3 Å². The van der Waals surface area contributed by atoms with Gasteiger partial charge in [0.05, 0.1) is 11.3 Å². The van der Waals surface area contributed by atoms with Crippen molar-refractivity contribution in [2.45, 2.75) is 26.7 Å². The second-order valence-corrected chi connectivity index (χ2v) is 5.02. The number of nitrogens with zero attached hydrogens (tertiary/aromatic N) is 3. The molecule has 1 heterocycles. The molecule has 1 aromatic carbocycles. The van der Waals surface area contributed by atoms with E-state index in [1.54, 1.807) is 6.92 Å². The SMILES string of the molecule is Cc1c(N)nc(C(C)C)nc1Nc1ccc(F)cc1C#N. The maximum atomic E-state index is 13.2. The summed E-state index contributed by atoms with van der Waals surface area (Å²) in [6, 6.07) is 5.91. The van der Waals surface area contributed by atoms with Crippen LogP contribution in [-0.4, -0.2) is 9.97 Å². The highest BCUT2D eigenvalue weighted by atomic mass is 19.1. The number of benzene rings is 1. The number of rotatable bonds is 3. The smallest absolute Gasteiger partial charge is 0.139 e. The molecule has 0 fully saturated rings. The lowest BCUT2D eigenvalue weighted by molar-refractivity contribution is 0.627. The average molecular weight is 285 g/mol. The van der Waals surface area contributed by atoms with Gasteiger partial charge >= 0.3 is 0 Å². The van der Waals surface area contributed by atoms with Gasteiger partial charge in [0.15, 0.2) is 0 Å². The Balaban J connectivity index is 2.47. The van der Waals surface area contributed by atoms with Crippen molar-refractivity contribution in [3.05, 3.63) is 41.0 Å². The first kappa shape index (κ1) is 14.7. The van der Waals surface area contributed by atoms with Gasteiger partial charge in [-0.25, -0.2) is 14.4 Å². The molecule has 108 valence electrons. The van der Waals surface area contributed by atoms with Crippen LogP contribution in [0, 0.1) is 24.1 Å².